The minimum atomic E-state index is -0.664. The summed E-state index contributed by atoms with van der Waals surface area (Å²) >= 11 is 1.03. The number of hydrogen-bond donors (Lipinski definition) is 1. The number of carbonyl (C=O) groups excluding carboxylic acids is 1. The SMILES string of the molecule is COC(=O)c1ccc([N+](=O)[O-])c(SC(C)CO)n1. The summed E-state index contributed by atoms with van der Waals surface area (Å²) in [5.41, 5.74) is -0.205. The van der Waals surface area contributed by atoms with Gasteiger partial charge < -0.3 is 9.84 Å². The molecule has 0 saturated heterocycles. The predicted octanol–water partition coefficient (Wildman–Crippen LogP) is 1.25. The topological polar surface area (TPSA) is 103 Å². The zero-order valence-corrected chi connectivity index (χ0v) is 10.6. The van der Waals surface area contributed by atoms with Crippen LogP contribution in [0.25, 0.3) is 0 Å². The Labute approximate surface area is 107 Å². The Balaban J connectivity index is 3.15. The quantitative estimate of drug-likeness (QED) is 0.372. The van der Waals surface area contributed by atoms with E-state index >= 15 is 0 Å². The first-order chi connectivity index (χ1) is 8.49. The van der Waals surface area contributed by atoms with E-state index in [0.717, 1.165) is 11.8 Å². The fourth-order valence-corrected chi connectivity index (χ4v) is 1.97. The largest absolute Gasteiger partial charge is 0.464 e. The molecule has 98 valence electrons. The number of nitro groups is 1. The highest BCUT2D eigenvalue weighted by Crippen LogP contribution is 2.30. The Bertz CT molecular complexity index is 466. The summed E-state index contributed by atoms with van der Waals surface area (Å²) in [4.78, 5) is 25.4. The Kier molecular flexibility index (Phi) is 5.05. The van der Waals surface area contributed by atoms with Gasteiger partial charge in [0.2, 0.25) is 0 Å². The molecular formula is C10H12N2O5S. The molecule has 0 fully saturated rings. The van der Waals surface area contributed by atoms with Crippen LogP contribution in [0.1, 0.15) is 17.4 Å². The van der Waals surface area contributed by atoms with E-state index in [2.05, 4.69) is 9.72 Å². The van der Waals surface area contributed by atoms with Crippen molar-refractivity contribution in [3.05, 3.63) is 27.9 Å². The minimum Gasteiger partial charge on any atom is -0.464 e. The van der Waals surface area contributed by atoms with Crippen LogP contribution < -0.4 is 0 Å². The lowest BCUT2D eigenvalue weighted by Gasteiger charge is -2.08. The smallest absolute Gasteiger partial charge is 0.356 e. The maximum Gasteiger partial charge on any atom is 0.356 e. The first kappa shape index (κ1) is 14.4. The molecule has 1 heterocycles. The third-order valence-electron chi connectivity index (χ3n) is 2.00. The van der Waals surface area contributed by atoms with E-state index in [4.69, 9.17) is 5.11 Å². The van der Waals surface area contributed by atoms with Gasteiger partial charge in [-0.25, -0.2) is 9.78 Å². The van der Waals surface area contributed by atoms with Gasteiger partial charge in [-0.05, 0) is 6.07 Å². The van der Waals surface area contributed by atoms with Crippen molar-refractivity contribution in [1.29, 1.82) is 0 Å². The molecule has 1 aromatic heterocycles. The van der Waals surface area contributed by atoms with Crippen LogP contribution in [0.3, 0.4) is 0 Å². The second-order valence-corrected chi connectivity index (χ2v) is 4.81. The number of pyridine rings is 1. The van der Waals surface area contributed by atoms with Crippen LogP contribution in [0.5, 0.6) is 0 Å². The van der Waals surface area contributed by atoms with Crippen LogP contribution in [0.4, 0.5) is 5.69 Å². The fraction of sp³-hybridized carbons (Fsp3) is 0.400. The first-order valence-electron chi connectivity index (χ1n) is 5.00. The highest BCUT2D eigenvalue weighted by Gasteiger charge is 2.21. The molecule has 0 saturated carbocycles. The average Bonchev–Trinajstić information content (AvgIpc) is 2.37. The van der Waals surface area contributed by atoms with Crippen molar-refractivity contribution in [1.82, 2.24) is 4.98 Å². The van der Waals surface area contributed by atoms with Crippen molar-refractivity contribution in [3.8, 4) is 0 Å². The molecule has 0 radical (unpaired) electrons. The van der Waals surface area contributed by atoms with Crippen molar-refractivity contribution in [3.63, 3.8) is 0 Å². The number of methoxy groups -OCH3 is 1. The Morgan fingerprint density at radius 3 is 2.83 bits per heavy atom. The maximum absolute atomic E-state index is 11.3. The molecule has 0 aromatic carbocycles. The van der Waals surface area contributed by atoms with Gasteiger partial charge in [0.1, 0.15) is 5.69 Å². The Hall–Kier alpha value is -1.67. The summed E-state index contributed by atoms with van der Waals surface area (Å²) in [7, 11) is 1.20. The second-order valence-electron chi connectivity index (χ2n) is 3.38. The Morgan fingerprint density at radius 1 is 1.67 bits per heavy atom. The number of aliphatic hydroxyl groups excluding tert-OH is 1. The molecular weight excluding hydrogens is 260 g/mol. The summed E-state index contributed by atoms with van der Waals surface area (Å²) in [5.74, 6) is -0.664. The van der Waals surface area contributed by atoms with Crippen LogP contribution in [-0.4, -0.2) is 39.9 Å². The van der Waals surface area contributed by atoms with Crippen LogP contribution in [0.15, 0.2) is 17.2 Å². The monoisotopic (exact) mass is 272 g/mol. The van der Waals surface area contributed by atoms with Gasteiger partial charge in [-0.2, -0.15) is 0 Å². The van der Waals surface area contributed by atoms with Crippen LogP contribution in [-0.2, 0) is 4.74 Å². The summed E-state index contributed by atoms with van der Waals surface area (Å²) in [6.07, 6.45) is 0. The van der Waals surface area contributed by atoms with Gasteiger partial charge in [0, 0.05) is 11.3 Å². The summed E-state index contributed by atoms with van der Waals surface area (Å²) in [6.45, 7) is 1.55. The number of thioether (sulfide) groups is 1. The molecule has 0 bridgehead atoms. The lowest BCUT2D eigenvalue weighted by Crippen LogP contribution is -2.08. The van der Waals surface area contributed by atoms with Gasteiger partial charge in [-0.15, -0.1) is 0 Å². The number of aliphatic hydroxyl groups is 1. The lowest BCUT2D eigenvalue weighted by molar-refractivity contribution is -0.388. The summed E-state index contributed by atoms with van der Waals surface area (Å²) < 4.78 is 4.49. The lowest BCUT2D eigenvalue weighted by atomic mass is 10.3. The molecule has 1 N–H and O–H groups in total. The number of rotatable bonds is 5. The molecule has 7 nitrogen and oxygen atoms in total. The normalized spacial score (nSPS) is 11.9. The third-order valence-corrected chi connectivity index (χ3v) is 3.08. The van der Waals surface area contributed by atoms with E-state index < -0.39 is 10.9 Å². The highest BCUT2D eigenvalue weighted by molar-refractivity contribution is 8.00. The maximum atomic E-state index is 11.3. The number of esters is 1. The van der Waals surface area contributed by atoms with Gasteiger partial charge in [-0.3, -0.25) is 10.1 Å². The molecule has 0 amide bonds. The molecule has 8 heteroatoms. The van der Waals surface area contributed by atoms with Gasteiger partial charge in [0.15, 0.2) is 5.03 Å². The van der Waals surface area contributed by atoms with E-state index in [1.807, 2.05) is 0 Å². The van der Waals surface area contributed by atoms with Gasteiger partial charge >= 0.3 is 11.7 Å². The first-order valence-corrected chi connectivity index (χ1v) is 5.88. The predicted molar refractivity (Wildman–Crippen MR) is 64.6 cm³/mol. The number of nitrogens with zero attached hydrogens (tertiary/aromatic N) is 2. The zero-order valence-electron chi connectivity index (χ0n) is 9.82. The standard InChI is InChI=1S/C10H12N2O5S/c1-6(5-13)18-9-8(12(15)16)4-3-7(11-9)10(14)17-2/h3-4,6,13H,5H2,1-2H3. The average molecular weight is 272 g/mol. The molecule has 0 aliphatic carbocycles. The molecule has 0 spiro atoms. The van der Waals surface area contributed by atoms with Crippen LogP contribution >= 0.6 is 11.8 Å². The van der Waals surface area contributed by atoms with Crippen molar-refractivity contribution < 1.29 is 19.6 Å². The minimum absolute atomic E-state index is 0.00394. The molecule has 1 aromatic rings. The highest BCUT2D eigenvalue weighted by atomic mass is 32.2. The van der Waals surface area contributed by atoms with E-state index in [0.29, 0.717) is 0 Å². The van der Waals surface area contributed by atoms with Gasteiger partial charge in [0.25, 0.3) is 0 Å². The molecule has 0 aliphatic rings. The van der Waals surface area contributed by atoms with Gasteiger partial charge in [-0.1, -0.05) is 18.7 Å². The molecule has 1 rings (SSSR count). The molecule has 1 atom stereocenters. The number of hydrogen-bond acceptors (Lipinski definition) is 7. The Morgan fingerprint density at radius 2 is 2.33 bits per heavy atom. The number of aromatic nitrogens is 1. The van der Waals surface area contributed by atoms with E-state index in [1.54, 1.807) is 6.92 Å². The molecule has 0 aliphatic heterocycles. The second kappa shape index (κ2) is 6.31. The van der Waals surface area contributed by atoms with Crippen LogP contribution in [0.2, 0.25) is 0 Å². The van der Waals surface area contributed by atoms with E-state index in [-0.39, 0.29) is 28.3 Å². The number of ether oxygens (including phenoxy) is 1. The van der Waals surface area contributed by atoms with Crippen molar-refractivity contribution in [2.75, 3.05) is 13.7 Å². The van der Waals surface area contributed by atoms with Gasteiger partial charge in [0.05, 0.1) is 18.6 Å². The van der Waals surface area contributed by atoms with Crippen molar-refractivity contribution in [2.24, 2.45) is 0 Å². The summed E-state index contributed by atoms with van der Waals surface area (Å²) in [5, 5.41) is 19.6. The summed E-state index contributed by atoms with van der Waals surface area (Å²) in [6, 6.07) is 2.43. The van der Waals surface area contributed by atoms with E-state index in [9.17, 15) is 14.9 Å². The van der Waals surface area contributed by atoms with Crippen molar-refractivity contribution >= 4 is 23.4 Å². The van der Waals surface area contributed by atoms with Crippen molar-refractivity contribution in [2.45, 2.75) is 17.2 Å². The molecule has 1 unspecified atom stereocenters. The van der Waals surface area contributed by atoms with Crippen LogP contribution in [0, 0.1) is 10.1 Å². The van der Waals surface area contributed by atoms with E-state index in [1.165, 1.54) is 19.2 Å². The fourth-order valence-electron chi connectivity index (χ4n) is 1.10. The number of carbonyl (C=O) groups is 1. The molecule has 18 heavy (non-hydrogen) atoms. The zero-order chi connectivity index (χ0) is 13.7. The third kappa shape index (κ3) is 3.41.